The predicted molar refractivity (Wildman–Crippen MR) is 79.2 cm³/mol. The summed E-state index contributed by atoms with van der Waals surface area (Å²) in [7, 11) is 1.43. The van der Waals surface area contributed by atoms with Gasteiger partial charge in [0, 0.05) is 11.6 Å². The summed E-state index contributed by atoms with van der Waals surface area (Å²) in [5, 5.41) is 7.53. The monoisotopic (exact) mass is 283 g/mol. The Morgan fingerprint density at radius 1 is 1.42 bits per heavy atom. The van der Waals surface area contributed by atoms with Gasteiger partial charge < -0.3 is 10.1 Å². The molecule has 4 nitrogen and oxygen atoms in total. The van der Waals surface area contributed by atoms with E-state index in [0.717, 1.165) is 0 Å². The largest absolute Gasteiger partial charge is 0.494 e. The van der Waals surface area contributed by atoms with Crippen LogP contribution in [0.3, 0.4) is 0 Å². The average molecular weight is 283 g/mol. The zero-order valence-corrected chi connectivity index (χ0v) is 12.3. The zero-order chi connectivity index (χ0) is 14.4. The fourth-order valence-electron chi connectivity index (χ4n) is 1.39. The highest BCUT2D eigenvalue weighted by atomic mass is 32.1. The molecule has 0 aliphatic heterocycles. The normalized spacial score (nSPS) is 11.4. The second-order valence-corrected chi connectivity index (χ2v) is 4.69. The molecule has 0 fully saturated rings. The minimum absolute atomic E-state index is 0.210. The topological polar surface area (TPSA) is 45.6 Å². The van der Waals surface area contributed by atoms with Crippen molar-refractivity contribution in [3.8, 4) is 5.75 Å². The van der Waals surface area contributed by atoms with E-state index in [1.54, 1.807) is 19.1 Å². The van der Waals surface area contributed by atoms with Gasteiger partial charge in [-0.1, -0.05) is 0 Å². The van der Waals surface area contributed by atoms with Crippen LogP contribution in [0.25, 0.3) is 0 Å². The summed E-state index contributed by atoms with van der Waals surface area (Å²) in [6.45, 7) is 5.72. The second-order valence-electron chi connectivity index (χ2n) is 4.29. The average Bonchev–Trinajstić information content (AvgIpc) is 2.35. The Morgan fingerprint density at radius 3 is 2.63 bits per heavy atom. The molecule has 1 aromatic rings. The van der Waals surface area contributed by atoms with Gasteiger partial charge >= 0.3 is 0 Å². The van der Waals surface area contributed by atoms with Crippen LogP contribution >= 0.6 is 12.2 Å². The molecule has 0 heterocycles. The van der Waals surface area contributed by atoms with E-state index in [2.05, 4.69) is 15.8 Å². The lowest BCUT2D eigenvalue weighted by atomic mass is 10.1. The maximum Gasteiger partial charge on any atom is 0.187 e. The van der Waals surface area contributed by atoms with Gasteiger partial charge in [-0.05, 0) is 51.2 Å². The highest BCUT2D eigenvalue weighted by Gasteiger charge is 2.05. The van der Waals surface area contributed by atoms with E-state index in [-0.39, 0.29) is 11.8 Å². The second kappa shape index (κ2) is 7.04. The number of benzene rings is 1. The fraction of sp³-hybridized carbons (Fsp3) is 0.385. The number of hydrazone groups is 1. The van der Waals surface area contributed by atoms with Gasteiger partial charge in [-0.15, -0.1) is 0 Å². The molecule has 0 atom stereocenters. The number of ether oxygens (including phenoxy) is 1. The fourth-order valence-corrected chi connectivity index (χ4v) is 1.67. The minimum Gasteiger partial charge on any atom is -0.494 e. The molecule has 19 heavy (non-hydrogen) atoms. The molecule has 1 rings (SSSR count). The Kier molecular flexibility index (Phi) is 5.69. The molecule has 0 saturated carbocycles. The van der Waals surface area contributed by atoms with Crippen LogP contribution in [-0.4, -0.2) is 24.0 Å². The van der Waals surface area contributed by atoms with Crippen LogP contribution in [0.4, 0.5) is 4.39 Å². The standard InChI is InChI=1S/C13H18FN3OS/c1-8(2)15-13(19)17-16-9(3)10-5-6-12(18-4)11(14)7-10/h5-8H,1-4H3,(H2,15,17,19)/b16-9-. The summed E-state index contributed by atoms with van der Waals surface area (Å²) in [6, 6.07) is 4.91. The van der Waals surface area contributed by atoms with E-state index in [1.807, 2.05) is 13.8 Å². The van der Waals surface area contributed by atoms with Crippen LogP contribution in [0.5, 0.6) is 5.75 Å². The molecule has 104 valence electrons. The first-order valence-corrected chi connectivity index (χ1v) is 6.29. The Labute approximate surface area is 118 Å². The lowest BCUT2D eigenvalue weighted by Crippen LogP contribution is -2.37. The van der Waals surface area contributed by atoms with Crippen molar-refractivity contribution in [3.05, 3.63) is 29.6 Å². The Balaban J connectivity index is 2.74. The van der Waals surface area contributed by atoms with Crippen molar-refractivity contribution < 1.29 is 9.13 Å². The lowest BCUT2D eigenvalue weighted by molar-refractivity contribution is 0.386. The lowest BCUT2D eigenvalue weighted by Gasteiger charge is -2.10. The SMILES string of the molecule is COc1ccc(/C(C)=N\NC(=S)NC(C)C)cc1F. The summed E-state index contributed by atoms with van der Waals surface area (Å²) in [5.41, 5.74) is 4.01. The molecule has 0 amide bonds. The van der Waals surface area contributed by atoms with Crippen molar-refractivity contribution >= 4 is 23.0 Å². The molecular formula is C13H18FN3OS. The Morgan fingerprint density at radius 2 is 2.11 bits per heavy atom. The molecule has 0 radical (unpaired) electrons. The molecule has 0 spiro atoms. The smallest absolute Gasteiger partial charge is 0.187 e. The third-order valence-electron chi connectivity index (χ3n) is 2.31. The van der Waals surface area contributed by atoms with Crippen LogP contribution in [0.2, 0.25) is 0 Å². The van der Waals surface area contributed by atoms with Crippen LogP contribution in [0.1, 0.15) is 26.3 Å². The van der Waals surface area contributed by atoms with Gasteiger partial charge in [0.05, 0.1) is 12.8 Å². The molecule has 2 N–H and O–H groups in total. The number of nitrogens with one attached hydrogen (secondary N) is 2. The molecule has 0 aromatic heterocycles. The molecule has 0 aliphatic rings. The highest BCUT2D eigenvalue weighted by Crippen LogP contribution is 2.17. The predicted octanol–water partition coefficient (Wildman–Crippen LogP) is 2.43. The number of thiocarbonyl (C=S) groups is 1. The van der Waals surface area contributed by atoms with Crippen molar-refractivity contribution in [2.24, 2.45) is 5.10 Å². The number of halogens is 1. The van der Waals surface area contributed by atoms with E-state index in [9.17, 15) is 4.39 Å². The van der Waals surface area contributed by atoms with Gasteiger partial charge in [-0.2, -0.15) is 5.10 Å². The number of hydrogen-bond acceptors (Lipinski definition) is 3. The summed E-state index contributed by atoms with van der Waals surface area (Å²) < 4.78 is 18.4. The molecule has 0 bridgehead atoms. The van der Waals surface area contributed by atoms with E-state index >= 15 is 0 Å². The number of hydrogen-bond donors (Lipinski definition) is 2. The summed E-state index contributed by atoms with van der Waals surface area (Å²) >= 11 is 5.04. The molecule has 1 aromatic carbocycles. The summed E-state index contributed by atoms with van der Waals surface area (Å²) in [6.07, 6.45) is 0. The van der Waals surface area contributed by atoms with E-state index in [0.29, 0.717) is 16.4 Å². The van der Waals surface area contributed by atoms with Gasteiger partial charge in [0.2, 0.25) is 0 Å². The third-order valence-corrected chi connectivity index (χ3v) is 2.52. The first kappa shape index (κ1) is 15.4. The summed E-state index contributed by atoms with van der Waals surface area (Å²) in [4.78, 5) is 0. The zero-order valence-electron chi connectivity index (χ0n) is 11.5. The maximum absolute atomic E-state index is 13.5. The third kappa shape index (κ3) is 4.82. The van der Waals surface area contributed by atoms with E-state index < -0.39 is 5.82 Å². The quantitative estimate of drug-likeness (QED) is 0.506. The van der Waals surface area contributed by atoms with E-state index in [1.165, 1.54) is 13.2 Å². The number of nitrogens with zero attached hydrogens (tertiary/aromatic N) is 1. The van der Waals surface area contributed by atoms with E-state index in [4.69, 9.17) is 17.0 Å². The first-order chi connectivity index (χ1) is 8.93. The Bertz CT molecular complexity index is 489. The summed E-state index contributed by atoms with van der Waals surface area (Å²) in [5.74, 6) is -0.209. The molecular weight excluding hydrogens is 265 g/mol. The van der Waals surface area contributed by atoms with Gasteiger partial charge in [0.15, 0.2) is 16.7 Å². The molecule has 0 aliphatic carbocycles. The highest BCUT2D eigenvalue weighted by molar-refractivity contribution is 7.80. The number of rotatable bonds is 4. The van der Waals surface area contributed by atoms with Crippen molar-refractivity contribution in [2.75, 3.05) is 7.11 Å². The van der Waals surface area contributed by atoms with Crippen LogP contribution in [-0.2, 0) is 0 Å². The van der Waals surface area contributed by atoms with Gasteiger partial charge in [0.1, 0.15) is 0 Å². The van der Waals surface area contributed by atoms with Crippen molar-refractivity contribution in [2.45, 2.75) is 26.8 Å². The van der Waals surface area contributed by atoms with Crippen LogP contribution in [0, 0.1) is 5.82 Å². The van der Waals surface area contributed by atoms with Crippen molar-refractivity contribution in [1.82, 2.24) is 10.7 Å². The maximum atomic E-state index is 13.5. The first-order valence-electron chi connectivity index (χ1n) is 5.88. The van der Waals surface area contributed by atoms with Gasteiger partial charge in [-0.25, -0.2) is 4.39 Å². The molecule has 6 heteroatoms. The van der Waals surface area contributed by atoms with Crippen molar-refractivity contribution in [3.63, 3.8) is 0 Å². The van der Waals surface area contributed by atoms with Gasteiger partial charge in [-0.3, -0.25) is 5.43 Å². The van der Waals surface area contributed by atoms with Crippen molar-refractivity contribution in [1.29, 1.82) is 0 Å². The van der Waals surface area contributed by atoms with Crippen LogP contribution < -0.4 is 15.5 Å². The minimum atomic E-state index is -0.419. The van der Waals surface area contributed by atoms with Gasteiger partial charge in [0.25, 0.3) is 0 Å². The molecule has 0 saturated heterocycles. The molecule has 0 unspecified atom stereocenters. The van der Waals surface area contributed by atoms with Crippen LogP contribution in [0.15, 0.2) is 23.3 Å². The number of methoxy groups -OCH3 is 1. The Hall–Kier alpha value is -1.69.